The lowest BCUT2D eigenvalue weighted by Crippen LogP contribution is -2.34. The first-order chi connectivity index (χ1) is 10.5. The number of hydrogen-bond acceptors (Lipinski definition) is 5. The predicted molar refractivity (Wildman–Crippen MR) is 87.3 cm³/mol. The SMILES string of the molecule is CCOC(=O)C(C)(O)c1ccc2c(c1)Sc1ccccc1S2. The summed E-state index contributed by atoms with van der Waals surface area (Å²) in [6.45, 7) is 3.45. The first kappa shape index (κ1) is 15.5. The Balaban J connectivity index is 1.94. The van der Waals surface area contributed by atoms with Gasteiger partial charge in [-0.2, -0.15) is 0 Å². The Bertz CT molecular complexity index is 726. The van der Waals surface area contributed by atoms with Crippen molar-refractivity contribution in [1.82, 2.24) is 0 Å². The minimum Gasteiger partial charge on any atom is -0.464 e. The number of benzene rings is 2. The zero-order valence-corrected chi connectivity index (χ0v) is 14.0. The summed E-state index contributed by atoms with van der Waals surface area (Å²) in [6, 6.07) is 13.8. The molecule has 5 heteroatoms. The fourth-order valence-corrected chi connectivity index (χ4v) is 4.47. The van der Waals surface area contributed by atoms with Crippen molar-refractivity contribution in [3.63, 3.8) is 0 Å². The molecule has 1 aliphatic rings. The molecule has 2 aromatic rings. The van der Waals surface area contributed by atoms with E-state index in [4.69, 9.17) is 4.74 Å². The maximum absolute atomic E-state index is 11.9. The summed E-state index contributed by atoms with van der Waals surface area (Å²) in [5, 5.41) is 10.5. The zero-order chi connectivity index (χ0) is 15.7. The summed E-state index contributed by atoms with van der Waals surface area (Å²) in [5.74, 6) is -0.621. The Hall–Kier alpha value is -1.43. The van der Waals surface area contributed by atoms with E-state index in [9.17, 15) is 9.90 Å². The second-order valence-electron chi connectivity index (χ2n) is 5.11. The van der Waals surface area contributed by atoms with Crippen LogP contribution in [0.3, 0.4) is 0 Å². The molecule has 0 aliphatic carbocycles. The fraction of sp³-hybridized carbons (Fsp3) is 0.235. The van der Waals surface area contributed by atoms with Crippen LogP contribution in [0.1, 0.15) is 19.4 Å². The van der Waals surface area contributed by atoms with Crippen molar-refractivity contribution in [2.45, 2.75) is 39.0 Å². The molecule has 3 rings (SSSR count). The summed E-state index contributed by atoms with van der Waals surface area (Å²) in [6.07, 6.45) is 0. The molecule has 0 radical (unpaired) electrons. The van der Waals surface area contributed by atoms with E-state index in [2.05, 4.69) is 12.1 Å². The molecule has 0 fully saturated rings. The molecule has 22 heavy (non-hydrogen) atoms. The van der Waals surface area contributed by atoms with Gasteiger partial charge in [0.25, 0.3) is 0 Å². The molecule has 0 spiro atoms. The van der Waals surface area contributed by atoms with Crippen molar-refractivity contribution >= 4 is 29.5 Å². The average molecular weight is 332 g/mol. The van der Waals surface area contributed by atoms with Gasteiger partial charge in [0.1, 0.15) is 0 Å². The number of rotatable bonds is 3. The highest BCUT2D eigenvalue weighted by molar-refractivity contribution is 8.05. The third-order valence-electron chi connectivity index (χ3n) is 3.47. The highest BCUT2D eigenvalue weighted by Gasteiger charge is 2.35. The number of aliphatic hydroxyl groups is 1. The van der Waals surface area contributed by atoms with Crippen LogP contribution in [-0.2, 0) is 15.1 Å². The van der Waals surface area contributed by atoms with E-state index in [0.717, 1.165) is 9.79 Å². The van der Waals surface area contributed by atoms with Crippen LogP contribution in [0.15, 0.2) is 62.0 Å². The molecule has 0 saturated heterocycles. The van der Waals surface area contributed by atoms with Gasteiger partial charge in [0.05, 0.1) is 6.61 Å². The lowest BCUT2D eigenvalue weighted by atomic mass is 9.96. The third kappa shape index (κ3) is 2.76. The van der Waals surface area contributed by atoms with Gasteiger partial charge < -0.3 is 9.84 Å². The molecule has 1 unspecified atom stereocenters. The van der Waals surface area contributed by atoms with E-state index in [0.29, 0.717) is 5.56 Å². The molecule has 0 amide bonds. The number of ether oxygens (including phenoxy) is 1. The normalized spacial score (nSPS) is 15.4. The van der Waals surface area contributed by atoms with Crippen molar-refractivity contribution < 1.29 is 14.6 Å². The predicted octanol–water partition coefficient (Wildman–Crippen LogP) is 4.07. The van der Waals surface area contributed by atoms with Crippen LogP contribution in [0.25, 0.3) is 0 Å². The summed E-state index contributed by atoms with van der Waals surface area (Å²) >= 11 is 3.36. The largest absolute Gasteiger partial charge is 0.464 e. The molecular formula is C17H16O3S2. The third-order valence-corrected chi connectivity index (χ3v) is 6.01. The molecule has 0 aromatic heterocycles. The minimum absolute atomic E-state index is 0.248. The van der Waals surface area contributed by atoms with Gasteiger partial charge in [0.15, 0.2) is 5.60 Å². The Morgan fingerprint density at radius 3 is 2.32 bits per heavy atom. The number of hydrogen-bond donors (Lipinski definition) is 1. The van der Waals surface area contributed by atoms with Gasteiger partial charge in [0, 0.05) is 19.6 Å². The van der Waals surface area contributed by atoms with E-state index in [1.165, 1.54) is 16.7 Å². The van der Waals surface area contributed by atoms with E-state index in [-0.39, 0.29) is 6.61 Å². The topological polar surface area (TPSA) is 46.5 Å². The molecule has 2 aromatic carbocycles. The van der Waals surface area contributed by atoms with Crippen LogP contribution in [0.2, 0.25) is 0 Å². The van der Waals surface area contributed by atoms with Gasteiger partial charge in [0.2, 0.25) is 0 Å². The summed E-state index contributed by atoms with van der Waals surface area (Å²) < 4.78 is 4.96. The minimum atomic E-state index is -1.63. The van der Waals surface area contributed by atoms with E-state index in [1.54, 1.807) is 36.5 Å². The summed E-state index contributed by atoms with van der Waals surface area (Å²) in [7, 11) is 0. The molecule has 0 bridgehead atoms. The summed E-state index contributed by atoms with van der Waals surface area (Å²) in [5.41, 5.74) is -1.08. The molecule has 1 atom stereocenters. The fourth-order valence-electron chi connectivity index (χ4n) is 2.22. The van der Waals surface area contributed by atoms with E-state index < -0.39 is 11.6 Å². The van der Waals surface area contributed by atoms with E-state index in [1.807, 2.05) is 24.3 Å². The first-order valence-electron chi connectivity index (χ1n) is 7.01. The summed E-state index contributed by atoms with van der Waals surface area (Å²) in [4.78, 5) is 16.5. The lowest BCUT2D eigenvalue weighted by Gasteiger charge is -2.24. The molecule has 114 valence electrons. The molecular weight excluding hydrogens is 316 g/mol. The van der Waals surface area contributed by atoms with Crippen molar-refractivity contribution in [3.8, 4) is 0 Å². The second kappa shape index (κ2) is 5.99. The highest BCUT2D eigenvalue weighted by atomic mass is 32.2. The standard InChI is InChI=1S/C17H16O3S2/c1-3-20-16(18)17(2,19)11-8-9-14-15(10-11)22-13-7-5-4-6-12(13)21-14/h4-10,19H,3H2,1-2H3. The van der Waals surface area contributed by atoms with Gasteiger partial charge in [-0.3, -0.25) is 0 Å². The van der Waals surface area contributed by atoms with Crippen LogP contribution < -0.4 is 0 Å². The van der Waals surface area contributed by atoms with Crippen LogP contribution in [-0.4, -0.2) is 17.7 Å². The number of carbonyl (C=O) groups is 1. The maximum atomic E-state index is 11.9. The molecule has 0 saturated carbocycles. The first-order valence-corrected chi connectivity index (χ1v) is 8.64. The molecule has 1 aliphatic heterocycles. The van der Waals surface area contributed by atoms with Gasteiger partial charge in [-0.05, 0) is 43.7 Å². The number of carbonyl (C=O) groups excluding carboxylic acids is 1. The Morgan fingerprint density at radius 1 is 1.09 bits per heavy atom. The Kier molecular flexibility index (Phi) is 4.21. The Morgan fingerprint density at radius 2 is 1.68 bits per heavy atom. The molecule has 1 N–H and O–H groups in total. The average Bonchev–Trinajstić information content (AvgIpc) is 2.52. The van der Waals surface area contributed by atoms with Crippen molar-refractivity contribution in [1.29, 1.82) is 0 Å². The monoisotopic (exact) mass is 332 g/mol. The van der Waals surface area contributed by atoms with Crippen LogP contribution in [0.4, 0.5) is 0 Å². The Labute approximate surface area is 138 Å². The smallest absolute Gasteiger partial charge is 0.342 e. The number of fused-ring (bicyclic) bond motifs is 2. The van der Waals surface area contributed by atoms with Gasteiger partial charge >= 0.3 is 5.97 Å². The van der Waals surface area contributed by atoms with Crippen LogP contribution in [0, 0.1) is 0 Å². The second-order valence-corrected chi connectivity index (χ2v) is 7.27. The van der Waals surface area contributed by atoms with Gasteiger partial charge in [-0.15, -0.1) is 0 Å². The number of esters is 1. The van der Waals surface area contributed by atoms with E-state index >= 15 is 0 Å². The quantitative estimate of drug-likeness (QED) is 0.733. The van der Waals surface area contributed by atoms with Crippen LogP contribution in [0.5, 0.6) is 0 Å². The van der Waals surface area contributed by atoms with Crippen LogP contribution >= 0.6 is 23.5 Å². The molecule has 1 heterocycles. The lowest BCUT2D eigenvalue weighted by molar-refractivity contribution is -0.164. The molecule has 3 nitrogen and oxygen atoms in total. The van der Waals surface area contributed by atoms with Gasteiger partial charge in [-0.25, -0.2) is 4.79 Å². The maximum Gasteiger partial charge on any atom is 0.342 e. The zero-order valence-electron chi connectivity index (χ0n) is 12.3. The van der Waals surface area contributed by atoms with Crippen molar-refractivity contribution in [3.05, 3.63) is 48.0 Å². The van der Waals surface area contributed by atoms with Gasteiger partial charge in [-0.1, -0.05) is 41.7 Å². The van der Waals surface area contributed by atoms with Crippen molar-refractivity contribution in [2.24, 2.45) is 0 Å². The highest BCUT2D eigenvalue weighted by Crippen LogP contribution is 2.49. The van der Waals surface area contributed by atoms with Crippen molar-refractivity contribution in [2.75, 3.05) is 6.61 Å².